The minimum absolute atomic E-state index is 0.0445. The predicted molar refractivity (Wildman–Crippen MR) is 66.1 cm³/mol. The van der Waals surface area contributed by atoms with Crippen LogP contribution < -0.4 is 0 Å². The van der Waals surface area contributed by atoms with Gasteiger partial charge in [-0.3, -0.25) is 0 Å². The Hall–Kier alpha value is 0.740. The number of hydrogen-bond donors (Lipinski definition) is 0. The van der Waals surface area contributed by atoms with Gasteiger partial charge in [0.25, 0.3) is 0 Å². The molecule has 0 unspecified atom stereocenters. The molecule has 3 heteroatoms. The molecule has 0 N–H and O–H groups in total. The number of nitrogens with zero attached hydrogens (tertiary/aromatic N) is 1. The fourth-order valence-electron chi connectivity index (χ4n) is 0.653. The van der Waals surface area contributed by atoms with Crippen LogP contribution in [-0.2, 0) is 0 Å². The van der Waals surface area contributed by atoms with Gasteiger partial charge in [0.15, 0.2) is 0 Å². The Morgan fingerprint density at radius 2 is 2.09 bits per heavy atom. The van der Waals surface area contributed by atoms with Gasteiger partial charge in [0, 0.05) is 34.1 Å². The molecule has 0 radical (unpaired) electrons. The van der Waals surface area contributed by atoms with Gasteiger partial charge in [-0.25, -0.2) is 3.15 Å². The summed E-state index contributed by atoms with van der Waals surface area (Å²) in [5.74, 6) is 0. The fourth-order valence-corrected chi connectivity index (χ4v) is 3.40. The predicted octanol–water partition coefficient (Wildman–Crippen LogP) is 4.36. The highest BCUT2D eigenvalue weighted by Gasteiger charge is 2.17. The number of allylic oxidation sites excluding steroid dienone is 3. The highest BCUT2D eigenvalue weighted by atomic mass is 127. The summed E-state index contributed by atoms with van der Waals surface area (Å²) >= 11 is 2.32. The van der Waals surface area contributed by atoms with Gasteiger partial charge in [0.2, 0.25) is 0 Å². The maximum absolute atomic E-state index is 4.54. The van der Waals surface area contributed by atoms with Gasteiger partial charge in [0.05, 0.1) is 5.70 Å². The molecule has 0 fully saturated rings. The maximum Gasteiger partial charge on any atom is 0.0529 e. The summed E-state index contributed by atoms with van der Waals surface area (Å²) in [4.78, 5) is 0. The van der Waals surface area contributed by atoms with Gasteiger partial charge in [-0.2, -0.15) is 0 Å². The van der Waals surface area contributed by atoms with Crippen molar-refractivity contribution in [1.29, 1.82) is 0 Å². The van der Waals surface area contributed by atoms with Crippen molar-refractivity contribution in [3.05, 3.63) is 19.4 Å². The Morgan fingerprint density at radius 3 is 2.45 bits per heavy atom. The van der Waals surface area contributed by atoms with E-state index < -0.39 is 0 Å². The normalized spacial score (nSPS) is 18.5. The smallest absolute Gasteiger partial charge is 0.0529 e. The second kappa shape index (κ2) is 3.64. The molecule has 1 aliphatic rings. The molecule has 1 rings (SSSR count). The summed E-state index contributed by atoms with van der Waals surface area (Å²) in [6.07, 6.45) is 2.18. The highest BCUT2D eigenvalue weighted by molar-refractivity contribution is 14.2. The summed E-state index contributed by atoms with van der Waals surface area (Å²) in [5.41, 5.74) is 1.49. The first-order chi connectivity index (χ1) is 5.00. The van der Waals surface area contributed by atoms with Crippen molar-refractivity contribution in [2.24, 2.45) is 8.56 Å². The lowest BCUT2D eigenvalue weighted by molar-refractivity contribution is 0.501. The zero-order valence-electron chi connectivity index (χ0n) is 6.86. The molecule has 1 aliphatic heterocycles. The number of rotatable bonds is 0. The third-order valence-corrected chi connectivity index (χ3v) is 4.90. The SMILES string of the molecule is CC(C)(C)C1=CC(I)=CI=N1. The van der Waals surface area contributed by atoms with E-state index in [2.05, 4.69) is 56.7 Å². The van der Waals surface area contributed by atoms with E-state index in [1.165, 1.54) is 9.28 Å². The first-order valence-electron chi connectivity index (χ1n) is 3.42. The van der Waals surface area contributed by atoms with Crippen LogP contribution in [0.3, 0.4) is 0 Å². The maximum atomic E-state index is 4.54. The second-order valence-corrected chi connectivity index (χ2v) is 6.36. The average Bonchev–Trinajstić information content (AvgIpc) is 1.86. The van der Waals surface area contributed by atoms with Crippen molar-refractivity contribution >= 4 is 43.6 Å². The summed E-state index contributed by atoms with van der Waals surface area (Å²) in [6.45, 7) is 6.63. The Morgan fingerprint density at radius 1 is 1.45 bits per heavy atom. The van der Waals surface area contributed by atoms with E-state index in [1.807, 2.05) is 0 Å². The van der Waals surface area contributed by atoms with Crippen LogP contribution in [0, 0.1) is 5.41 Å². The van der Waals surface area contributed by atoms with E-state index in [1.54, 1.807) is 0 Å². The average molecular weight is 375 g/mol. The molecular weight excluding hydrogens is 364 g/mol. The third-order valence-electron chi connectivity index (χ3n) is 1.34. The Balaban J connectivity index is 2.93. The van der Waals surface area contributed by atoms with Gasteiger partial charge >= 0.3 is 0 Å². The lowest BCUT2D eigenvalue weighted by atomic mass is 9.92. The van der Waals surface area contributed by atoms with Gasteiger partial charge in [-0.1, -0.05) is 20.8 Å². The monoisotopic (exact) mass is 375 g/mol. The first-order valence-corrected chi connectivity index (χ1v) is 6.71. The van der Waals surface area contributed by atoms with E-state index >= 15 is 0 Å². The first kappa shape index (κ1) is 9.83. The van der Waals surface area contributed by atoms with Crippen molar-refractivity contribution in [2.45, 2.75) is 20.8 Å². The Kier molecular flexibility index (Phi) is 3.25. The standard InChI is InChI=1S/C8H11I2N/c1-8(2,3)7-4-6(9)5-10-11-7/h4-5H,1-3H3. The minimum Gasteiger partial charge on any atom is -0.226 e. The van der Waals surface area contributed by atoms with Crippen LogP contribution in [0.5, 0.6) is 0 Å². The van der Waals surface area contributed by atoms with Gasteiger partial charge in [-0.15, -0.1) is 0 Å². The van der Waals surface area contributed by atoms with Gasteiger partial charge in [0.1, 0.15) is 0 Å². The molecule has 0 amide bonds. The van der Waals surface area contributed by atoms with Crippen LogP contribution in [0.15, 0.2) is 22.6 Å². The molecule has 0 saturated carbocycles. The number of halogens is 2. The summed E-state index contributed by atoms with van der Waals surface area (Å²) in [6, 6.07) is 0. The zero-order valence-corrected chi connectivity index (χ0v) is 11.2. The fraction of sp³-hybridized carbons (Fsp3) is 0.500. The molecule has 0 aromatic heterocycles. The van der Waals surface area contributed by atoms with Gasteiger partial charge in [-0.05, 0) is 28.7 Å². The summed E-state index contributed by atoms with van der Waals surface area (Å²) < 4.78 is 8.14. The van der Waals surface area contributed by atoms with Crippen LogP contribution in [-0.4, -0.2) is 0 Å². The molecular formula is C8H11I2N. The van der Waals surface area contributed by atoms with Crippen molar-refractivity contribution in [1.82, 2.24) is 0 Å². The van der Waals surface area contributed by atoms with Crippen molar-refractivity contribution in [3.8, 4) is 0 Å². The largest absolute Gasteiger partial charge is 0.226 e. The number of hydrogen-bond acceptors (Lipinski definition) is 1. The molecule has 1 heterocycles. The Bertz CT molecular complexity index is 243. The minimum atomic E-state index is -0.0445. The lowest BCUT2D eigenvalue weighted by Gasteiger charge is -2.19. The molecule has 0 aliphatic carbocycles. The van der Waals surface area contributed by atoms with E-state index in [4.69, 9.17) is 0 Å². The molecule has 62 valence electrons. The van der Waals surface area contributed by atoms with Crippen molar-refractivity contribution in [3.63, 3.8) is 0 Å². The van der Waals surface area contributed by atoms with E-state index in [0.29, 0.717) is 0 Å². The molecule has 0 bridgehead atoms. The van der Waals surface area contributed by atoms with Crippen molar-refractivity contribution in [2.75, 3.05) is 0 Å². The van der Waals surface area contributed by atoms with Crippen LogP contribution in [0.25, 0.3) is 0 Å². The summed E-state index contributed by atoms with van der Waals surface area (Å²) in [5, 5.41) is 0. The van der Waals surface area contributed by atoms with E-state index in [-0.39, 0.29) is 26.4 Å². The second-order valence-electron chi connectivity index (χ2n) is 3.46. The molecule has 0 atom stereocenters. The molecule has 1 nitrogen and oxygen atoms in total. The molecule has 0 aromatic rings. The lowest BCUT2D eigenvalue weighted by Crippen LogP contribution is -2.07. The van der Waals surface area contributed by atoms with Crippen LogP contribution in [0.4, 0.5) is 0 Å². The quantitative estimate of drug-likeness (QED) is 0.558. The molecule has 0 spiro atoms. The summed E-state index contributed by atoms with van der Waals surface area (Å²) in [7, 11) is 0. The molecule has 0 saturated heterocycles. The Labute approximate surface area is 91.6 Å². The van der Waals surface area contributed by atoms with Crippen molar-refractivity contribution < 1.29 is 0 Å². The highest BCUT2D eigenvalue weighted by Crippen LogP contribution is 2.35. The molecule has 0 aromatic carbocycles. The van der Waals surface area contributed by atoms with Gasteiger partial charge < -0.3 is 0 Å². The van der Waals surface area contributed by atoms with Crippen LogP contribution in [0.1, 0.15) is 20.8 Å². The zero-order chi connectivity index (χ0) is 8.48. The third kappa shape index (κ3) is 2.93. The van der Waals surface area contributed by atoms with Crippen LogP contribution in [0.2, 0.25) is 0 Å². The van der Waals surface area contributed by atoms with E-state index in [0.717, 1.165) is 0 Å². The molecule has 11 heavy (non-hydrogen) atoms. The topological polar surface area (TPSA) is 12.4 Å². The van der Waals surface area contributed by atoms with Crippen LogP contribution >= 0.6 is 43.6 Å². The van der Waals surface area contributed by atoms with E-state index in [9.17, 15) is 0 Å².